The molecule has 25 heavy (non-hydrogen) atoms. The Kier molecular flexibility index (Phi) is 5.65. The summed E-state index contributed by atoms with van der Waals surface area (Å²) in [5.74, 6) is 0.830. The summed E-state index contributed by atoms with van der Waals surface area (Å²) in [6.07, 6.45) is 4.94. The van der Waals surface area contributed by atoms with E-state index in [1.165, 1.54) is 4.88 Å². The van der Waals surface area contributed by atoms with E-state index in [9.17, 15) is 0 Å². The Morgan fingerprint density at radius 2 is 2.12 bits per heavy atom. The monoisotopic (exact) mass is 356 g/mol. The molecule has 0 saturated heterocycles. The minimum Gasteiger partial charge on any atom is -0.357 e. The Labute approximate surface area is 152 Å². The van der Waals surface area contributed by atoms with E-state index >= 15 is 0 Å². The first-order valence-corrected chi connectivity index (χ1v) is 9.35. The second-order valence-electron chi connectivity index (χ2n) is 5.81. The highest BCUT2D eigenvalue weighted by molar-refractivity contribution is 7.11. The molecule has 0 radical (unpaired) electrons. The lowest BCUT2D eigenvalue weighted by Gasteiger charge is -2.10. The first-order chi connectivity index (χ1) is 12.2. The number of nitrogens with one attached hydrogen (secondary N) is 2. The number of guanidine groups is 1. The van der Waals surface area contributed by atoms with Gasteiger partial charge in [-0.25, -0.2) is 15.0 Å². The van der Waals surface area contributed by atoms with Crippen LogP contribution in [0.4, 0.5) is 0 Å². The first-order valence-electron chi connectivity index (χ1n) is 8.53. The fraction of sp³-hybridized carbons (Fsp3) is 0.389. The molecule has 0 spiro atoms. The van der Waals surface area contributed by atoms with Gasteiger partial charge < -0.3 is 15.0 Å². The van der Waals surface area contributed by atoms with E-state index in [4.69, 9.17) is 0 Å². The third-order valence-electron chi connectivity index (χ3n) is 3.81. The molecule has 3 heterocycles. The first kappa shape index (κ1) is 17.4. The fourth-order valence-corrected chi connectivity index (χ4v) is 3.49. The summed E-state index contributed by atoms with van der Waals surface area (Å²) in [5.41, 5.74) is 3.13. The van der Waals surface area contributed by atoms with E-state index in [1.807, 2.05) is 42.6 Å². The minimum absolute atomic E-state index is 0.654. The molecule has 0 unspecified atom stereocenters. The second kappa shape index (κ2) is 8.11. The van der Waals surface area contributed by atoms with Crippen molar-refractivity contribution in [2.75, 3.05) is 13.1 Å². The Morgan fingerprint density at radius 3 is 2.84 bits per heavy atom. The summed E-state index contributed by atoms with van der Waals surface area (Å²) < 4.78 is 2.05. The number of thiazole rings is 1. The summed E-state index contributed by atoms with van der Waals surface area (Å²) in [5, 5.41) is 7.76. The molecule has 0 aliphatic carbocycles. The summed E-state index contributed by atoms with van der Waals surface area (Å²) in [4.78, 5) is 15.0. The van der Waals surface area contributed by atoms with E-state index in [-0.39, 0.29) is 0 Å². The highest BCUT2D eigenvalue weighted by Gasteiger charge is 2.05. The smallest absolute Gasteiger partial charge is 0.191 e. The maximum absolute atomic E-state index is 4.67. The van der Waals surface area contributed by atoms with Crippen LogP contribution in [0.2, 0.25) is 0 Å². The van der Waals surface area contributed by atoms with Crippen LogP contribution >= 0.6 is 11.3 Å². The molecule has 0 amide bonds. The van der Waals surface area contributed by atoms with Gasteiger partial charge in [-0.1, -0.05) is 6.07 Å². The summed E-state index contributed by atoms with van der Waals surface area (Å²) in [6.45, 7) is 8.42. The largest absolute Gasteiger partial charge is 0.357 e. The zero-order valence-electron chi connectivity index (χ0n) is 14.9. The van der Waals surface area contributed by atoms with Crippen molar-refractivity contribution in [1.82, 2.24) is 25.0 Å². The molecule has 0 aliphatic rings. The molecule has 0 fully saturated rings. The lowest BCUT2D eigenvalue weighted by Crippen LogP contribution is -2.38. The van der Waals surface area contributed by atoms with Gasteiger partial charge in [-0.15, -0.1) is 11.3 Å². The maximum atomic E-state index is 4.67. The SMILES string of the molecule is CCNC(=NCc1sc(C)nc1C)NCCc1cn2ccccc2n1. The van der Waals surface area contributed by atoms with Gasteiger partial charge in [0, 0.05) is 36.8 Å². The molecule has 132 valence electrons. The molecular weight excluding hydrogens is 332 g/mol. The van der Waals surface area contributed by atoms with Gasteiger partial charge in [-0.2, -0.15) is 0 Å². The number of pyridine rings is 1. The third-order valence-corrected chi connectivity index (χ3v) is 4.87. The van der Waals surface area contributed by atoms with Crippen LogP contribution in [-0.4, -0.2) is 33.4 Å². The maximum Gasteiger partial charge on any atom is 0.191 e. The summed E-state index contributed by atoms with van der Waals surface area (Å²) in [6, 6.07) is 6.03. The molecule has 0 atom stereocenters. The lowest BCUT2D eigenvalue weighted by atomic mass is 10.3. The van der Waals surface area contributed by atoms with Crippen LogP contribution in [0.15, 0.2) is 35.6 Å². The van der Waals surface area contributed by atoms with Crippen molar-refractivity contribution in [2.45, 2.75) is 33.7 Å². The summed E-state index contributed by atoms with van der Waals surface area (Å²) in [7, 11) is 0. The molecule has 0 aliphatic heterocycles. The molecule has 3 rings (SSSR count). The van der Waals surface area contributed by atoms with Crippen molar-refractivity contribution < 1.29 is 0 Å². The van der Waals surface area contributed by atoms with E-state index < -0.39 is 0 Å². The molecule has 2 N–H and O–H groups in total. The van der Waals surface area contributed by atoms with E-state index in [0.717, 1.165) is 47.5 Å². The van der Waals surface area contributed by atoms with Crippen LogP contribution in [0, 0.1) is 13.8 Å². The Balaban J connectivity index is 1.57. The highest BCUT2D eigenvalue weighted by atomic mass is 32.1. The van der Waals surface area contributed by atoms with Gasteiger partial charge in [-0.05, 0) is 32.9 Å². The van der Waals surface area contributed by atoms with Crippen molar-refractivity contribution in [3.63, 3.8) is 0 Å². The third kappa shape index (κ3) is 4.57. The molecule has 7 heteroatoms. The van der Waals surface area contributed by atoms with Gasteiger partial charge in [0.2, 0.25) is 0 Å². The average molecular weight is 356 g/mol. The number of imidazole rings is 1. The number of hydrogen-bond donors (Lipinski definition) is 2. The van der Waals surface area contributed by atoms with Crippen molar-refractivity contribution in [3.05, 3.63) is 51.9 Å². The number of aromatic nitrogens is 3. The Morgan fingerprint density at radius 1 is 1.24 bits per heavy atom. The lowest BCUT2D eigenvalue weighted by molar-refractivity contribution is 0.792. The van der Waals surface area contributed by atoms with Crippen LogP contribution in [0.1, 0.15) is 28.2 Å². The van der Waals surface area contributed by atoms with Crippen LogP contribution in [0.5, 0.6) is 0 Å². The van der Waals surface area contributed by atoms with Crippen LogP contribution in [-0.2, 0) is 13.0 Å². The van der Waals surface area contributed by atoms with Gasteiger partial charge in [0.15, 0.2) is 5.96 Å². The fourth-order valence-electron chi connectivity index (χ4n) is 2.63. The van der Waals surface area contributed by atoms with Crippen molar-refractivity contribution >= 4 is 22.9 Å². The molecule has 0 bridgehead atoms. The van der Waals surface area contributed by atoms with Gasteiger partial charge in [0.25, 0.3) is 0 Å². The Hall–Kier alpha value is -2.41. The molecule has 0 saturated carbocycles. The Bertz CT molecular complexity index is 830. The zero-order chi connectivity index (χ0) is 17.6. The quantitative estimate of drug-likeness (QED) is 0.526. The van der Waals surface area contributed by atoms with Crippen molar-refractivity contribution in [3.8, 4) is 0 Å². The van der Waals surface area contributed by atoms with E-state index in [1.54, 1.807) is 11.3 Å². The topological polar surface area (TPSA) is 66.6 Å². The van der Waals surface area contributed by atoms with Crippen LogP contribution in [0.25, 0.3) is 5.65 Å². The van der Waals surface area contributed by atoms with Gasteiger partial charge in [-0.3, -0.25) is 0 Å². The van der Waals surface area contributed by atoms with E-state index in [2.05, 4.69) is 38.7 Å². The van der Waals surface area contributed by atoms with Crippen molar-refractivity contribution in [1.29, 1.82) is 0 Å². The van der Waals surface area contributed by atoms with Gasteiger partial charge >= 0.3 is 0 Å². The molecule has 0 aromatic carbocycles. The predicted octanol–water partition coefficient (Wildman–Crippen LogP) is 2.71. The zero-order valence-corrected chi connectivity index (χ0v) is 15.7. The predicted molar refractivity (Wildman–Crippen MR) is 103 cm³/mol. The van der Waals surface area contributed by atoms with Gasteiger partial charge in [0.05, 0.1) is 22.9 Å². The minimum atomic E-state index is 0.654. The number of aryl methyl sites for hydroxylation is 2. The normalized spacial score (nSPS) is 11.9. The van der Waals surface area contributed by atoms with Crippen LogP contribution < -0.4 is 10.6 Å². The molecule has 3 aromatic heterocycles. The second-order valence-corrected chi connectivity index (χ2v) is 7.10. The standard InChI is InChI=1S/C18H24N6S/c1-4-19-18(21-11-16-13(2)22-14(3)25-16)20-9-8-15-12-24-10-6-5-7-17(24)23-15/h5-7,10,12H,4,8-9,11H2,1-3H3,(H2,19,20,21). The van der Waals surface area contributed by atoms with E-state index in [0.29, 0.717) is 6.54 Å². The molecule has 6 nitrogen and oxygen atoms in total. The number of hydrogen-bond acceptors (Lipinski definition) is 4. The number of fused-ring (bicyclic) bond motifs is 1. The van der Waals surface area contributed by atoms with Crippen molar-refractivity contribution in [2.24, 2.45) is 4.99 Å². The molecular formula is C18H24N6S. The number of nitrogens with zero attached hydrogens (tertiary/aromatic N) is 4. The van der Waals surface area contributed by atoms with Gasteiger partial charge in [0.1, 0.15) is 5.65 Å². The molecule has 3 aromatic rings. The number of aliphatic imine (C=N–C) groups is 1. The highest BCUT2D eigenvalue weighted by Crippen LogP contribution is 2.17. The van der Waals surface area contributed by atoms with Crippen LogP contribution in [0.3, 0.4) is 0 Å². The number of rotatable bonds is 6. The summed E-state index contributed by atoms with van der Waals surface area (Å²) >= 11 is 1.71. The average Bonchev–Trinajstić information content (AvgIpc) is 3.14.